The highest BCUT2D eigenvalue weighted by Crippen LogP contribution is 2.23. The minimum atomic E-state index is -0.265. The van der Waals surface area contributed by atoms with Crippen LogP contribution in [-0.4, -0.2) is 41.9 Å². The molecule has 0 aromatic heterocycles. The van der Waals surface area contributed by atoms with Crippen LogP contribution in [0.25, 0.3) is 11.1 Å². The summed E-state index contributed by atoms with van der Waals surface area (Å²) in [6, 6.07) is 29.9. The minimum Gasteiger partial charge on any atom is -0.336 e. The normalized spacial score (nSPS) is 15.5. The summed E-state index contributed by atoms with van der Waals surface area (Å²) in [6.07, 6.45) is 0. The van der Waals surface area contributed by atoms with E-state index in [2.05, 4.69) is 23.1 Å². The van der Waals surface area contributed by atoms with Crippen molar-refractivity contribution in [2.24, 2.45) is 0 Å². The Morgan fingerprint density at radius 2 is 1.31 bits per heavy atom. The molecule has 29 heavy (non-hydrogen) atoms. The molecule has 1 unspecified atom stereocenters. The van der Waals surface area contributed by atoms with Crippen LogP contribution in [0.3, 0.4) is 0 Å². The fourth-order valence-corrected chi connectivity index (χ4v) is 3.80. The maximum atomic E-state index is 12.9. The van der Waals surface area contributed by atoms with Crippen molar-refractivity contribution in [3.05, 3.63) is 96.1 Å². The highest BCUT2D eigenvalue weighted by molar-refractivity contribution is 5.94. The molecule has 0 saturated carbocycles. The van der Waals surface area contributed by atoms with Crippen molar-refractivity contribution in [3.8, 4) is 17.2 Å². The first kappa shape index (κ1) is 18.9. The first-order chi connectivity index (χ1) is 14.3. The molecule has 1 heterocycles. The highest BCUT2D eigenvalue weighted by Gasteiger charge is 2.27. The van der Waals surface area contributed by atoms with Crippen LogP contribution in [0.2, 0.25) is 0 Å². The van der Waals surface area contributed by atoms with Gasteiger partial charge in [-0.25, -0.2) is 0 Å². The Labute approximate surface area is 171 Å². The van der Waals surface area contributed by atoms with Gasteiger partial charge in [-0.2, -0.15) is 5.26 Å². The molecule has 0 bridgehead atoms. The van der Waals surface area contributed by atoms with Gasteiger partial charge in [-0.3, -0.25) is 9.69 Å². The summed E-state index contributed by atoms with van der Waals surface area (Å²) in [5, 5.41) is 9.63. The molecule has 144 valence electrons. The van der Waals surface area contributed by atoms with Crippen LogP contribution in [0.15, 0.2) is 84.9 Å². The molecule has 0 N–H and O–H groups in total. The van der Waals surface area contributed by atoms with Gasteiger partial charge < -0.3 is 4.90 Å². The third kappa shape index (κ3) is 4.21. The lowest BCUT2D eigenvalue weighted by Crippen LogP contribution is -2.49. The lowest BCUT2D eigenvalue weighted by molar-refractivity contribution is 0.0606. The number of rotatable bonds is 4. The van der Waals surface area contributed by atoms with Crippen molar-refractivity contribution >= 4 is 5.91 Å². The molecular formula is C25H23N3O. The van der Waals surface area contributed by atoms with Crippen LogP contribution in [0, 0.1) is 11.3 Å². The standard InChI is InChI=1S/C25H23N3O/c26-19-24(22-9-5-2-6-10-22)27-15-17-28(18-16-27)25(29)23-13-11-21(12-14-23)20-7-3-1-4-8-20/h1-14,24H,15-18H2. The van der Waals surface area contributed by atoms with Gasteiger partial charge in [0.1, 0.15) is 6.04 Å². The van der Waals surface area contributed by atoms with Crippen molar-refractivity contribution in [2.75, 3.05) is 26.2 Å². The van der Waals surface area contributed by atoms with Crippen LogP contribution in [0.4, 0.5) is 0 Å². The number of hydrogen-bond acceptors (Lipinski definition) is 3. The van der Waals surface area contributed by atoms with Crippen molar-refractivity contribution in [3.63, 3.8) is 0 Å². The first-order valence-corrected chi connectivity index (χ1v) is 9.89. The number of carbonyl (C=O) groups is 1. The average Bonchev–Trinajstić information content (AvgIpc) is 2.81. The second kappa shape index (κ2) is 8.72. The molecule has 4 heteroatoms. The minimum absolute atomic E-state index is 0.0532. The van der Waals surface area contributed by atoms with Gasteiger partial charge in [0.05, 0.1) is 6.07 Å². The van der Waals surface area contributed by atoms with E-state index in [1.165, 1.54) is 0 Å². The van der Waals surface area contributed by atoms with Crippen molar-refractivity contribution < 1.29 is 4.79 Å². The quantitative estimate of drug-likeness (QED) is 0.674. The van der Waals surface area contributed by atoms with Crippen LogP contribution < -0.4 is 0 Å². The van der Waals surface area contributed by atoms with Gasteiger partial charge in [-0.1, -0.05) is 72.8 Å². The van der Waals surface area contributed by atoms with E-state index in [-0.39, 0.29) is 11.9 Å². The number of piperazine rings is 1. The largest absolute Gasteiger partial charge is 0.336 e. The van der Waals surface area contributed by atoms with E-state index in [1.807, 2.05) is 77.7 Å². The predicted octanol–water partition coefficient (Wildman–Crippen LogP) is 4.38. The third-order valence-electron chi connectivity index (χ3n) is 5.44. The van der Waals surface area contributed by atoms with E-state index in [0.29, 0.717) is 31.7 Å². The number of nitrogens with zero attached hydrogens (tertiary/aromatic N) is 3. The molecule has 0 spiro atoms. The fourth-order valence-electron chi connectivity index (χ4n) is 3.80. The first-order valence-electron chi connectivity index (χ1n) is 9.89. The Kier molecular flexibility index (Phi) is 5.69. The van der Waals surface area contributed by atoms with Crippen molar-refractivity contribution in [1.29, 1.82) is 5.26 Å². The summed E-state index contributed by atoms with van der Waals surface area (Å²) in [5.41, 5.74) is 3.96. The second-order valence-electron chi connectivity index (χ2n) is 7.21. The van der Waals surface area contributed by atoms with Gasteiger partial charge in [0, 0.05) is 31.7 Å². The Balaban J connectivity index is 1.40. The Morgan fingerprint density at radius 1 is 0.759 bits per heavy atom. The molecule has 1 saturated heterocycles. The van der Waals surface area contributed by atoms with E-state index in [0.717, 1.165) is 16.7 Å². The Bertz CT molecular complexity index is 986. The maximum Gasteiger partial charge on any atom is 0.253 e. The molecular weight excluding hydrogens is 358 g/mol. The fraction of sp³-hybridized carbons (Fsp3) is 0.200. The number of nitriles is 1. The van der Waals surface area contributed by atoms with Gasteiger partial charge >= 0.3 is 0 Å². The predicted molar refractivity (Wildman–Crippen MR) is 114 cm³/mol. The SMILES string of the molecule is N#CC(c1ccccc1)N1CCN(C(=O)c2ccc(-c3ccccc3)cc2)CC1. The summed E-state index contributed by atoms with van der Waals surface area (Å²) in [6.45, 7) is 2.65. The maximum absolute atomic E-state index is 12.9. The van der Waals surface area contributed by atoms with Crippen LogP contribution in [0.1, 0.15) is 22.0 Å². The number of carbonyl (C=O) groups excluding carboxylic acids is 1. The Hall–Kier alpha value is -3.42. The Morgan fingerprint density at radius 3 is 1.90 bits per heavy atom. The number of benzene rings is 3. The summed E-state index contributed by atoms with van der Waals surface area (Å²) in [7, 11) is 0. The van der Waals surface area contributed by atoms with Crippen LogP contribution in [0.5, 0.6) is 0 Å². The molecule has 1 fully saturated rings. The summed E-state index contributed by atoms with van der Waals surface area (Å²) in [5.74, 6) is 0.0532. The van der Waals surface area contributed by atoms with Gasteiger partial charge in [0.2, 0.25) is 0 Å². The molecule has 3 aromatic carbocycles. The third-order valence-corrected chi connectivity index (χ3v) is 5.44. The smallest absolute Gasteiger partial charge is 0.253 e. The zero-order valence-electron chi connectivity index (χ0n) is 16.2. The summed E-state index contributed by atoms with van der Waals surface area (Å²) >= 11 is 0. The zero-order chi connectivity index (χ0) is 20.1. The van der Waals surface area contributed by atoms with E-state index in [4.69, 9.17) is 0 Å². The number of hydrogen-bond donors (Lipinski definition) is 0. The van der Waals surface area contributed by atoms with E-state index < -0.39 is 0 Å². The molecule has 0 radical (unpaired) electrons. The molecule has 0 aliphatic carbocycles. The highest BCUT2D eigenvalue weighted by atomic mass is 16.2. The molecule has 1 atom stereocenters. The van der Waals surface area contributed by atoms with E-state index in [1.54, 1.807) is 0 Å². The molecule has 1 amide bonds. The second-order valence-corrected chi connectivity index (χ2v) is 7.21. The monoisotopic (exact) mass is 381 g/mol. The lowest BCUT2D eigenvalue weighted by atomic mass is 10.0. The van der Waals surface area contributed by atoms with E-state index >= 15 is 0 Å². The molecule has 4 nitrogen and oxygen atoms in total. The lowest BCUT2D eigenvalue weighted by Gasteiger charge is -2.37. The van der Waals surface area contributed by atoms with Gasteiger partial charge in [-0.15, -0.1) is 0 Å². The summed E-state index contributed by atoms with van der Waals surface area (Å²) in [4.78, 5) is 16.9. The van der Waals surface area contributed by atoms with Crippen molar-refractivity contribution in [1.82, 2.24) is 9.80 Å². The molecule has 1 aliphatic heterocycles. The molecule has 1 aliphatic rings. The van der Waals surface area contributed by atoms with Gasteiger partial charge in [-0.05, 0) is 28.8 Å². The average molecular weight is 381 g/mol. The van der Waals surface area contributed by atoms with Crippen LogP contribution >= 0.6 is 0 Å². The summed E-state index contributed by atoms with van der Waals surface area (Å²) < 4.78 is 0. The van der Waals surface area contributed by atoms with Gasteiger partial charge in [0.15, 0.2) is 0 Å². The van der Waals surface area contributed by atoms with Crippen LogP contribution in [-0.2, 0) is 0 Å². The zero-order valence-corrected chi connectivity index (χ0v) is 16.2. The van der Waals surface area contributed by atoms with E-state index in [9.17, 15) is 10.1 Å². The molecule has 4 rings (SSSR count). The van der Waals surface area contributed by atoms with Gasteiger partial charge in [0.25, 0.3) is 5.91 Å². The van der Waals surface area contributed by atoms with Crippen molar-refractivity contribution in [2.45, 2.75) is 6.04 Å². The molecule has 3 aromatic rings. The number of amides is 1. The topological polar surface area (TPSA) is 47.3 Å².